The fourth-order valence-corrected chi connectivity index (χ4v) is 3.28. The van der Waals surface area contributed by atoms with Gasteiger partial charge in [-0.25, -0.2) is 4.98 Å². The summed E-state index contributed by atoms with van der Waals surface area (Å²) in [5.74, 6) is 0. The Kier molecular flexibility index (Phi) is 8.07. The summed E-state index contributed by atoms with van der Waals surface area (Å²) in [4.78, 5) is 8.70. The molecule has 19 heavy (non-hydrogen) atoms. The number of hydrogen-bond donors (Lipinski definition) is 1. The van der Waals surface area contributed by atoms with Gasteiger partial charge < -0.3 is 10.2 Å². The molecule has 1 heterocycles. The molecule has 0 atom stereocenters. The van der Waals surface area contributed by atoms with E-state index in [4.69, 9.17) is 4.98 Å². The molecule has 0 amide bonds. The molecule has 0 aliphatic heterocycles. The Balaban J connectivity index is 2.79. The molecular formula is C15H29N3S. The molecule has 4 heteroatoms. The molecule has 1 N–H and O–H groups in total. The topological polar surface area (TPSA) is 28.2 Å². The summed E-state index contributed by atoms with van der Waals surface area (Å²) in [6.07, 6.45) is 4.64. The van der Waals surface area contributed by atoms with Crippen LogP contribution in [-0.2, 0) is 13.0 Å². The van der Waals surface area contributed by atoms with E-state index < -0.39 is 0 Å². The molecule has 0 aliphatic carbocycles. The molecule has 0 fully saturated rings. The van der Waals surface area contributed by atoms with Crippen molar-refractivity contribution in [2.24, 2.45) is 0 Å². The molecule has 0 saturated carbocycles. The van der Waals surface area contributed by atoms with Gasteiger partial charge in [0.2, 0.25) is 0 Å². The number of hydrogen-bond acceptors (Lipinski definition) is 4. The SMILES string of the molecule is CCCNCc1sc(N(CC)CCC)nc1CCC. The molecule has 0 aromatic carbocycles. The fourth-order valence-electron chi connectivity index (χ4n) is 2.11. The predicted octanol–water partition coefficient (Wildman–Crippen LogP) is 3.83. The first-order valence-electron chi connectivity index (χ1n) is 7.70. The van der Waals surface area contributed by atoms with Crippen molar-refractivity contribution in [3.05, 3.63) is 10.6 Å². The summed E-state index contributed by atoms with van der Waals surface area (Å²) in [5.41, 5.74) is 1.31. The van der Waals surface area contributed by atoms with Crippen LogP contribution >= 0.6 is 11.3 Å². The number of nitrogens with one attached hydrogen (secondary N) is 1. The zero-order valence-electron chi connectivity index (χ0n) is 13.0. The van der Waals surface area contributed by atoms with Gasteiger partial charge in [0.1, 0.15) is 0 Å². The van der Waals surface area contributed by atoms with Crippen LogP contribution in [0.5, 0.6) is 0 Å². The van der Waals surface area contributed by atoms with Gasteiger partial charge in [0.05, 0.1) is 5.69 Å². The Morgan fingerprint density at radius 1 is 1.11 bits per heavy atom. The molecule has 0 spiro atoms. The van der Waals surface area contributed by atoms with Crippen molar-refractivity contribution in [3.63, 3.8) is 0 Å². The Morgan fingerprint density at radius 2 is 1.89 bits per heavy atom. The minimum atomic E-state index is 0.977. The molecule has 3 nitrogen and oxygen atoms in total. The Bertz CT molecular complexity index is 349. The summed E-state index contributed by atoms with van der Waals surface area (Å²) in [7, 11) is 0. The number of anilines is 1. The zero-order chi connectivity index (χ0) is 14.1. The second kappa shape index (κ2) is 9.32. The zero-order valence-corrected chi connectivity index (χ0v) is 13.8. The molecule has 1 aromatic heterocycles. The average molecular weight is 283 g/mol. The van der Waals surface area contributed by atoms with E-state index in [9.17, 15) is 0 Å². The highest BCUT2D eigenvalue weighted by Gasteiger charge is 2.14. The number of aryl methyl sites for hydroxylation is 1. The summed E-state index contributed by atoms with van der Waals surface area (Å²) in [5, 5.41) is 4.71. The first-order valence-corrected chi connectivity index (χ1v) is 8.52. The molecule has 0 unspecified atom stereocenters. The molecule has 0 saturated heterocycles. The van der Waals surface area contributed by atoms with E-state index in [1.807, 2.05) is 11.3 Å². The molecule has 0 radical (unpaired) electrons. The Morgan fingerprint density at radius 3 is 2.47 bits per heavy atom. The normalized spacial score (nSPS) is 10.9. The number of rotatable bonds is 10. The van der Waals surface area contributed by atoms with Crippen molar-refractivity contribution in [3.8, 4) is 0 Å². The van der Waals surface area contributed by atoms with Gasteiger partial charge in [-0.1, -0.05) is 27.2 Å². The summed E-state index contributed by atoms with van der Waals surface area (Å²) < 4.78 is 0. The smallest absolute Gasteiger partial charge is 0.185 e. The highest BCUT2D eigenvalue weighted by Crippen LogP contribution is 2.27. The maximum atomic E-state index is 4.87. The lowest BCUT2D eigenvalue weighted by Gasteiger charge is -2.18. The average Bonchev–Trinajstić information content (AvgIpc) is 2.80. The third kappa shape index (κ3) is 5.11. The van der Waals surface area contributed by atoms with Gasteiger partial charge in [-0.15, -0.1) is 11.3 Å². The van der Waals surface area contributed by atoms with Crippen LogP contribution in [0.4, 0.5) is 5.13 Å². The third-order valence-electron chi connectivity index (χ3n) is 3.11. The van der Waals surface area contributed by atoms with Crippen LogP contribution < -0.4 is 10.2 Å². The van der Waals surface area contributed by atoms with Crippen LogP contribution in [-0.4, -0.2) is 24.6 Å². The Hall–Kier alpha value is -0.610. The van der Waals surface area contributed by atoms with Crippen LogP contribution in [0.15, 0.2) is 0 Å². The van der Waals surface area contributed by atoms with Crippen LogP contribution in [0.25, 0.3) is 0 Å². The van der Waals surface area contributed by atoms with Gasteiger partial charge >= 0.3 is 0 Å². The van der Waals surface area contributed by atoms with Gasteiger partial charge in [0.25, 0.3) is 0 Å². The minimum Gasteiger partial charge on any atom is -0.348 e. The van der Waals surface area contributed by atoms with Crippen LogP contribution in [0.1, 0.15) is 57.5 Å². The van der Waals surface area contributed by atoms with Gasteiger partial charge in [0, 0.05) is 24.5 Å². The quantitative estimate of drug-likeness (QED) is 0.661. The summed E-state index contributed by atoms with van der Waals surface area (Å²) >= 11 is 1.87. The van der Waals surface area contributed by atoms with Crippen molar-refractivity contribution in [2.45, 2.75) is 59.9 Å². The first kappa shape index (κ1) is 16.4. The monoisotopic (exact) mass is 283 g/mol. The molecule has 1 rings (SSSR count). The van der Waals surface area contributed by atoms with Crippen LogP contribution in [0, 0.1) is 0 Å². The van der Waals surface area contributed by atoms with E-state index in [0.717, 1.165) is 32.6 Å². The van der Waals surface area contributed by atoms with E-state index >= 15 is 0 Å². The largest absolute Gasteiger partial charge is 0.348 e. The summed E-state index contributed by atoms with van der Waals surface area (Å²) in [6, 6.07) is 0. The molecule has 110 valence electrons. The number of nitrogens with zero attached hydrogens (tertiary/aromatic N) is 2. The van der Waals surface area contributed by atoms with Crippen LogP contribution in [0.3, 0.4) is 0 Å². The number of aromatic nitrogens is 1. The van der Waals surface area contributed by atoms with Crippen molar-refractivity contribution in [1.82, 2.24) is 10.3 Å². The van der Waals surface area contributed by atoms with E-state index in [-0.39, 0.29) is 0 Å². The molecule has 0 aliphatic rings. The van der Waals surface area contributed by atoms with Gasteiger partial charge in [-0.2, -0.15) is 0 Å². The number of thiazole rings is 1. The summed E-state index contributed by atoms with van der Waals surface area (Å²) in [6.45, 7) is 13.1. The lowest BCUT2D eigenvalue weighted by Crippen LogP contribution is -2.23. The molecule has 0 bridgehead atoms. The molecular weight excluding hydrogens is 254 g/mol. The van der Waals surface area contributed by atoms with Gasteiger partial charge in [0.15, 0.2) is 5.13 Å². The third-order valence-corrected chi connectivity index (χ3v) is 4.27. The van der Waals surface area contributed by atoms with Crippen LogP contribution in [0.2, 0.25) is 0 Å². The minimum absolute atomic E-state index is 0.977. The standard InChI is InChI=1S/C15H29N3S/c1-5-9-13-14(12-16-10-6-2)19-15(17-13)18(8-4)11-7-3/h16H,5-12H2,1-4H3. The van der Waals surface area contributed by atoms with Crippen molar-refractivity contribution in [1.29, 1.82) is 0 Å². The van der Waals surface area contributed by atoms with E-state index in [1.165, 1.54) is 35.0 Å². The maximum absolute atomic E-state index is 4.87. The van der Waals surface area contributed by atoms with E-state index in [2.05, 4.69) is 37.9 Å². The van der Waals surface area contributed by atoms with E-state index in [0.29, 0.717) is 0 Å². The highest BCUT2D eigenvalue weighted by molar-refractivity contribution is 7.15. The van der Waals surface area contributed by atoms with Crippen molar-refractivity contribution >= 4 is 16.5 Å². The fraction of sp³-hybridized carbons (Fsp3) is 0.800. The lowest BCUT2D eigenvalue weighted by atomic mass is 10.2. The second-order valence-electron chi connectivity index (χ2n) is 4.87. The van der Waals surface area contributed by atoms with Gasteiger partial charge in [-0.05, 0) is 32.7 Å². The first-order chi connectivity index (χ1) is 9.26. The second-order valence-corrected chi connectivity index (χ2v) is 5.93. The highest BCUT2D eigenvalue weighted by atomic mass is 32.1. The van der Waals surface area contributed by atoms with E-state index in [1.54, 1.807) is 0 Å². The predicted molar refractivity (Wildman–Crippen MR) is 86.3 cm³/mol. The van der Waals surface area contributed by atoms with Crippen molar-refractivity contribution in [2.75, 3.05) is 24.5 Å². The van der Waals surface area contributed by atoms with Crippen molar-refractivity contribution < 1.29 is 0 Å². The molecule has 1 aromatic rings. The lowest BCUT2D eigenvalue weighted by molar-refractivity contribution is 0.674. The Labute approximate surface area is 122 Å². The maximum Gasteiger partial charge on any atom is 0.185 e. The van der Waals surface area contributed by atoms with Gasteiger partial charge in [-0.3, -0.25) is 0 Å².